The molecule has 174 valence electrons. The number of hydrogen-bond acceptors (Lipinski definition) is 8. The predicted octanol–water partition coefficient (Wildman–Crippen LogP) is 4.04. The Bertz CT molecular complexity index is 1230. The van der Waals surface area contributed by atoms with Crippen molar-refractivity contribution in [3.05, 3.63) is 72.8 Å². The highest BCUT2D eigenvalue weighted by atomic mass is 16.6. The lowest BCUT2D eigenvalue weighted by Crippen LogP contribution is -2.19. The zero-order chi connectivity index (χ0) is 24.8. The zero-order valence-corrected chi connectivity index (χ0v) is 18.7. The van der Waals surface area contributed by atoms with Gasteiger partial charge in [-0.1, -0.05) is 37.4 Å². The first-order chi connectivity index (χ1) is 16.1. The van der Waals surface area contributed by atoms with Crippen LogP contribution in [0.1, 0.15) is 13.8 Å². The molecule has 0 bridgehead atoms. The van der Waals surface area contributed by atoms with E-state index in [2.05, 4.69) is 13.2 Å². The highest BCUT2D eigenvalue weighted by Gasteiger charge is 2.13. The molecule has 0 saturated heterocycles. The standard InChI is InChI=1S/C26H22O8/c1-15(2)25(29)31-13-23(27)33-19-7-9-21-17(11-19)5-6-18-12-20(8-10-22(18)21)34-24(28)14-32-26(30)16(3)4/h5-12H,1,3,13-14H2,2,4H3. The third-order valence-corrected chi connectivity index (χ3v) is 4.58. The molecule has 0 aliphatic heterocycles. The Morgan fingerprint density at radius 3 is 1.38 bits per heavy atom. The van der Waals surface area contributed by atoms with E-state index >= 15 is 0 Å². The van der Waals surface area contributed by atoms with E-state index in [1.54, 1.807) is 36.4 Å². The van der Waals surface area contributed by atoms with Gasteiger partial charge in [-0.15, -0.1) is 0 Å². The van der Waals surface area contributed by atoms with Gasteiger partial charge in [0.1, 0.15) is 11.5 Å². The average molecular weight is 462 g/mol. The maximum absolute atomic E-state index is 11.9. The van der Waals surface area contributed by atoms with E-state index in [0.717, 1.165) is 21.5 Å². The summed E-state index contributed by atoms with van der Waals surface area (Å²) in [6.07, 6.45) is 0. The summed E-state index contributed by atoms with van der Waals surface area (Å²) in [4.78, 5) is 46.6. The van der Waals surface area contributed by atoms with Gasteiger partial charge >= 0.3 is 23.9 Å². The summed E-state index contributed by atoms with van der Waals surface area (Å²) < 4.78 is 20.0. The van der Waals surface area contributed by atoms with E-state index in [9.17, 15) is 19.2 Å². The molecule has 0 saturated carbocycles. The second kappa shape index (κ2) is 10.4. The summed E-state index contributed by atoms with van der Waals surface area (Å²) in [5.41, 5.74) is 0.379. The summed E-state index contributed by atoms with van der Waals surface area (Å²) >= 11 is 0. The molecule has 0 amide bonds. The van der Waals surface area contributed by atoms with Crippen molar-refractivity contribution in [3.8, 4) is 11.5 Å². The summed E-state index contributed by atoms with van der Waals surface area (Å²) in [5, 5.41) is 3.40. The lowest BCUT2D eigenvalue weighted by Gasteiger charge is -2.10. The van der Waals surface area contributed by atoms with E-state index in [1.165, 1.54) is 13.8 Å². The number of ether oxygens (including phenoxy) is 4. The van der Waals surface area contributed by atoms with Crippen LogP contribution in [0, 0.1) is 0 Å². The highest BCUT2D eigenvalue weighted by molar-refractivity contribution is 6.08. The lowest BCUT2D eigenvalue weighted by molar-refractivity contribution is -0.150. The maximum Gasteiger partial charge on any atom is 0.349 e. The minimum Gasteiger partial charge on any atom is -0.450 e. The van der Waals surface area contributed by atoms with Gasteiger partial charge in [-0.25, -0.2) is 19.2 Å². The van der Waals surface area contributed by atoms with Crippen molar-refractivity contribution in [1.29, 1.82) is 0 Å². The van der Waals surface area contributed by atoms with Crippen LogP contribution in [-0.4, -0.2) is 37.1 Å². The van der Waals surface area contributed by atoms with Crippen LogP contribution >= 0.6 is 0 Å². The van der Waals surface area contributed by atoms with Crippen molar-refractivity contribution in [3.63, 3.8) is 0 Å². The van der Waals surface area contributed by atoms with E-state index in [0.29, 0.717) is 11.5 Å². The number of carbonyl (C=O) groups is 4. The monoisotopic (exact) mass is 462 g/mol. The molecule has 0 radical (unpaired) electrons. The largest absolute Gasteiger partial charge is 0.450 e. The van der Waals surface area contributed by atoms with E-state index < -0.39 is 37.1 Å². The first kappa shape index (κ1) is 24.2. The Kier molecular flexibility index (Phi) is 7.43. The summed E-state index contributed by atoms with van der Waals surface area (Å²) in [5.74, 6) is -2.15. The van der Waals surface area contributed by atoms with Gasteiger partial charge in [0, 0.05) is 11.1 Å². The van der Waals surface area contributed by atoms with Crippen molar-refractivity contribution < 1.29 is 38.1 Å². The molecule has 3 rings (SSSR count). The number of esters is 4. The maximum atomic E-state index is 11.9. The summed E-state index contributed by atoms with van der Waals surface area (Å²) in [6.45, 7) is 8.81. The van der Waals surface area contributed by atoms with Crippen molar-refractivity contribution in [2.75, 3.05) is 13.2 Å². The minimum atomic E-state index is -0.713. The molecule has 0 atom stereocenters. The van der Waals surface area contributed by atoms with Crippen LogP contribution in [0.25, 0.3) is 21.5 Å². The van der Waals surface area contributed by atoms with Crippen LogP contribution in [0.3, 0.4) is 0 Å². The Labute approximate surface area is 195 Å². The van der Waals surface area contributed by atoms with Gasteiger partial charge in [0.15, 0.2) is 13.2 Å². The fourth-order valence-corrected chi connectivity index (χ4v) is 2.97. The van der Waals surface area contributed by atoms with Crippen LogP contribution in [0.5, 0.6) is 11.5 Å². The summed E-state index contributed by atoms with van der Waals surface area (Å²) in [7, 11) is 0. The molecular formula is C26H22O8. The first-order valence-corrected chi connectivity index (χ1v) is 10.2. The van der Waals surface area contributed by atoms with Crippen LogP contribution < -0.4 is 9.47 Å². The number of fused-ring (bicyclic) bond motifs is 3. The molecule has 3 aromatic rings. The van der Waals surface area contributed by atoms with Crippen LogP contribution in [-0.2, 0) is 28.7 Å². The molecule has 34 heavy (non-hydrogen) atoms. The molecule has 0 aromatic heterocycles. The van der Waals surface area contributed by atoms with Gasteiger partial charge < -0.3 is 18.9 Å². The zero-order valence-electron chi connectivity index (χ0n) is 18.7. The van der Waals surface area contributed by atoms with Gasteiger partial charge in [0.2, 0.25) is 0 Å². The number of hydrogen-bond donors (Lipinski definition) is 0. The number of benzene rings is 3. The summed E-state index contributed by atoms with van der Waals surface area (Å²) in [6, 6.07) is 13.9. The van der Waals surface area contributed by atoms with Crippen LogP contribution in [0.15, 0.2) is 72.8 Å². The molecule has 0 spiro atoms. The first-order valence-electron chi connectivity index (χ1n) is 10.2. The van der Waals surface area contributed by atoms with Crippen LogP contribution in [0.2, 0.25) is 0 Å². The average Bonchev–Trinajstić information content (AvgIpc) is 2.80. The fourth-order valence-electron chi connectivity index (χ4n) is 2.97. The van der Waals surface area contributed by atoms with Gasteiger partial charge in [-0.2, -0.15) is 0 Å². The van der Waals surface area contributed by atoms with Crippen molar-refractivity contribution in [1.82, 2.24) is 0 Å². The second-order valence-electron chi connectivity index (χ2n) is 7.49. The molecule has 8 nitrogen and oxygen atoms in total. The molecule has 0 heterocycles. The lowest BCUT2D eigenvalue weighted by atomic mass is 10.0. The molecule has 0 unspecified atom stereocenters. The molecule has 0 fully saturated rings. The van der Waals surface area contributed by atoms with Gasteiger partial charge in [0.25, 0.3) is 0 Å². The second-order valence-corrected chi connectivity index (χ2v) is 7.49. The minimum absolute atomic E-state index is 0.189. The van der Waals surface area contributed by atoms with Crippen molar-refractivity contribution in [2.45, 2.75) is 13.8 Å². The van der Waals surface area contributed by atoms with Gasteiger partial charge in [-0.05, 0) is 59.7 Å². The Morgan fingerprint density at radius 2 is 1.03 bits per heavy atom. The quantitative estimate of drug-likeness (QED) is 0.214. The van der Waals surface area contributed by atoms with E-state index in [-0.39, 0.29) is 11.1 Å². The third-order valence-electron chi connectivity index (χ3n) is 4.58. The fraction of sp³-hybridized carbons (Fsp3) is 0.154. The van der Waals surface area contributed by atoms with E-state index in [1.807, 2.05) is 12.1 Å². The van der Waals surface area contributed by atoms with Gasteiger partial charge in [-0.3, -0.25) is 0 Å². The molecule has 0 aliphatic carbocycles. The highest BCUT2D eigenvalue weighted by Crippen LogP contribution is 2.30. The van der Waals surface area contributed by atoms with Crippen molar-refractivity contribution in [2.24, 2.45) is 0 Å². The predicted molar refractivity (Wildman–Crippen MR) is 124 cm³/mol. The molecule has 8 heteroatoms. The molecule has 0 N–H and O–H groups in total. The smallest absolute Gasteiger partial charge is 0.349 e. The Balaban J connectivity index is 1.70. The molecular weight excluding hydrogens is 440 g/mol. The molecule has 0 aliphatic rings. The number of rotatable bonds is 8. The SMILES string of the molecule is C=C(C)C(=O)OCC(=O)Oc1ccc2c(ccc3cc(OC(=O)COC(=O)C(=C)C)ccc32)c1. The van der Waals surface area contributed by atoms with E-state index in [4.69, 9.17) is 18.9 Å². The number of carbonyl (C=O) groups excluding carboxylic acids is 4. The third kappa shape index (κ3) is 6.07. The van der Waals surface area contributed by atoms with Crippen LogP contribution in [0.4, 0.5) is 0 Å². The Hall–Kier alpha value is -4.46. The Morgan fingerprint density at radius 1 is 0.647 bits per heavy atom. The van der Waals surface area contributed by atoms with Crippen molar-refractivity contribution >= 4 is 45.4 Å². The van der Waals surface area contributed by atoms with Gasteiger partial charge in [0.05, 0.1) is 0 Å². The molecule has 3 aromatic carbocycles. The topological polar surface area (TPSA) is 105 Å². The normalized spacial score (nSPS) is 10.4.